The van der Waals surface area contributed by atoms with Crippen LogP contribution in [-0.4, -0.2) is 25.2 Å². The van der Waals surface area contributed by atoms with Crippen LogP contribution in [-0.2, 0) is 11.0 Å². The van der Waals surface area contributed by atoms with Crippen LogP contribution in [0.3, 0.4) is 0 Å². The maximum absolute atomic E-state index is 5.87. The molecular formula is C10H20N2OSi. The molecule has 4 heteroatoms. The smallest absolute Gasteiger partial charge is 0.179 e. The molecule has 3 nitrogen and oxygen atoms in total. The molecule has 0 fully saturated rings. The molecule has 0 aromatic carbocycles. The highest BCUT2D eigenvalue weighted by molar-refractivity contribution is 6.53. The van der Waals surface area contributed by atoms with E-state index in [1.54, 1.807) is 6.20 Å². The van der Waals surface area contributed by atoms with Crippen LogP contribution in [0.2, 0.25) is 11.6 Å². The van der Waals surface area contributed by atoms with Gasteiger partial charge in [0.05, 0.1) is 12.9 Å². The van der Waals surface area contributed by atoms with Crippen molar-refractivity contribution in [3.05, 3.63) is 18.7 Å². The largest absolute Gasteiger partial charge is 0.418 e. The van der Waals surface area contributed by atoms with Crippen molar-refractivity contribution in [2.75, 3.05) is 6.61 Å². The summed E-state index contributed by atoms with van der Waals surface area (Å²) in [6.45, 7) is 10.7. The molecule has 1 aromatic rings. The second-order valence-corrected chi connectivity index (χ2v) is 8.03. The third-order valence-electron chi connectivity index (χ3n) is 2.50. The molecule has 0 radical (unpaired) electrons. The monoisotopic (exact) mass is 212 g/mol. The van der Waals surface area contributed by atoms with Gasteiger partial charge in [-0.2, -0.15) is 0 Å². The summed E-state index contributed by atoms with van der Waals surface area (Å²) in [5.74, 6) is 0. The van der Waals surface area contributed by atoms with E-state index in [0.29, 0.717) is 5.04 Å². The molecule has 0 amide bonds. The van der Waals surface area contributed by atoms with Gasteiger partial charge in [0.2, 0.25) is 0 Å². The Bertz CT molecular complexity index is 254. The second kappa shape index (κ2) is 4.75. The number of aromatic nitrogens is 2. The van der Waals surface area contributed by atoms with Gasteiger partial charge in [-0.25, -0.2) is 4.98 Å². The summed E-state index contributed by atoms with van der Waals surface area (Å²) >= 11 is 0. The van der Waals surface area contributed by atoms with Gasteiger partial charge in [-0.3, -0.25) is 0 Å². The quantitative estimate of drug-likeness (QED) is 0.714. The fourth-order valence-electron chi connectivity index (χ4n) is 1.00. The van der Waals surface area contributed by atoms with Crippen molar-refractivity contribution in [1.29, 1.82) is 0 Å². The summed E-state index contributed by atoms with van der Waals surface area (Å²) in [5.41, 5.74) is 0. The molecule has 80 valence electrons. The first kappa shape index (κ1) is 11.5. The summed E-state index contributed by atoms with van der Waals surface area (Å²) in [4.78, 5) is 3.99. The number of rotatable bonds is 4. The zero-order valence-electron chi connectivity index (χ0n) is 9.53. The number of hydrogen-bond donors (Lipinski definition) is 0. The molecule has 0 aliphatic rings. The Hall–Kier alpha value is -0.613. The third-order valence-corrected chi connectivity index (χ3v) is 5.67. The average Bonchev–Trinajstić information content (AvgIpc) is 2.55. The highest BCUT2D eigenvalue weighted by Crippen LogP contribution is 2.26. The molecule has 1 unspecified atom stereocenters. The predicted octanol–water partition coefficient (Wildman–Crippen LogP) is 2.05. The average molecular weight is 212 g/mol. The molecule has 0 aliphatic heterocycles. The Morgan fingerprint density at radius 2 is 2.14 bits per heavy atom. The lowest BCUT2D eigenvalue weighted by Crippen LogP contribution is -2.27. The lowest BCUT2D eigenvalue weighted by atomic mass is 10.3. The maximum Gasteiger partial charge on any atom is 0.179 e. The first-order valence-electron chi connectivity index (χ1n) is 5.07. The van der Waals surface area contributed by atoms with Gasteiger partial charge in [-0.15, -0.1) is 0 Å². The van der Waals surface area contributed by atoms with E-state index in [-0.39, 0.29) is 0 Å². The van der Waals surface area contributed by atoms with Gasteiger partial charge >= 0.3 is 0 Å². The summed E-state index contributed by atoms with van der Waals surface area (Å²) in [6, 6.07) is 0. The van der Waals surface area contributed by atoms with E-state index in [1.807, 2.05) is 17.1 Å². The van der Waals surface area contributed by atoms with Gasteiger partial charge in [0, 0.05) is 18.9 Å². The standard InChI is InChI=1S/C10H20N2OSi/c1-10(2,3)14(4)13-8-7-12-6-5-11-9-12/h5-6,9,14H,7-8H2,1-4H3. The first-order valence-corrected chi connectivity index (χ1v) is 7.28. The van der Waals surface area contributed by atoms with E-state index in [4.69, 9.17) is 4.43 Å². The minimum Gasteiger partial charge on any atom is -0.418 e. The molecule has 0 spiro atoms. The molecule has 1 rings (SSSR count). The highest BCUT2D eigenvalue weighted by atomic mass is 28.3. The molecule has 14 heavy (non-hydrogen) atoms. The zero-order valence-corrected chi connectivity index (χ0v) is 10.7. The zero-order chi connectivity index (χ0) is 10.6. The number of imidazole rings is 1. The van der Waals surface area contributed by atoms with Gasteiger partial charge in [-0.1, -0.05) is 20.8 Å². The summed E-state index contributed by atoms with van der Waals surface area (Å²) in [5, 5.41) is 0.356. The molecule has 0 bridgehead atoms. The Labute approximate surface area is 87.8 Å². The van der Waals surface area contributed by atoms with Crippen LogP contribution in [0.15, 0.2) is 18.7 Å². The fraction of sp³-hybridized carbons (Fsp3) is 0.700. The lowest BCUT2D eigenvalue weighted by molar-refractivity contribution is 0.287. The number of nitrogens with zero attached hydrogens (tertiary/aromatic N) is 2. The van der Waals surface area contributed by atoms with Crippen molar-refractivity contribution in [3.63, 3.8) is 0 Å². The summed E-state index contributed by atoms with van der Waals surface area (Å²) in [7, 11) is -1.05. The molecule has 0 saturated carbocycles. The van der Waals surface area contributed by atoms with Crippen LogP contribution in [0.5, 0.6) is 0 Å². The molecule has 1 atom stereocenters. The normalized spacial score (nSPS) is 14.3. The van der Waals surface area contributed by atoms with Crippen LogP contribution in [0.25, 0.3) is 0 Å². The fourth-order valence-corrected chi connectivity index (χ4v) is 1.96. The molecule has 0 aliphatic carbocycles. The van der Waals surface area contributed by atoms with E-state index < -0.39 is 9.04 Å². The topological polar surface area (TPSA) is 27.1 Å². The lowest BCUT2D eigenvalue weighted by Gasteiger charge is -2.25. The Morgan fingerprint density at radius 1 is 1.43 bits per heavy atom. The van der Waals surface area contributed by atoms with Crippen LogP contribution in [0.1, 0.15) is 20.8 Å². The third kappa shape index (κ3) is 3.63. The SMILES string of the molecule is C[SiH](OCCn1ccnc1)C(C)(C)C. The van der Waals surface area contributed by atoms with E-state index in [2.05, 4.69) is 32.3 Å². The molecule has 0 saturated heterocycles. The highest BCUT2D eigenvalue weighted by Gasteiger charge is 2.22. The van der Waals surface area contributed by atoms with Gasteiger partial charge < -0.3 is 8.99 Å². The Kier molecular flexibility index (Phi) is 3.89. The van der Waals surface area contributed by atoms with Crippen LogP contribution in [0.4, 0.5) is 0 Å². The van der Waals surface area contributed by atoms with Gasteiger partial charge in [0.15, 0.2) is 9.04 Å². The van der Waals surface area contributed by atoms with Crippen molar-refractivity contribution in [2.24, 2.45) is 0 Å². The van der Waals surface area contributed by atoms with Crippen molar-refractivity contribution in [1.82, 2.24) is 9.55 Å². The molecular weight excluding hydrogens is 192 g/mol. The van der Waals surface area contributed by atoms with Crippen molar-refractivity contribution in [2.45, 2.75) is 38.9 Å². The van der Waals surface area contributed by atoms with E-state index in [9.17, 15) is 0 Å². The van der Waals surface area contributed by atoms with E-state index in [1.165, 1.54) is 0 Å². The minimum atomic E-state index is -1.05. The van der Waals surface area contributed by atoms with Crippen molar-refractivity contribution in [3.8, 4) is 0 Å². The summed E-state index contributed by atoms with van der Waals surface area (Å²) in [6.07, 6.45) is 5.59. The number of hydrogen-bond acceptors (Lipinski definition) is 2. The molecule has 1 heterocycles. The van der Waals surface area contributed by atoms with Gasteiger partial charge in [-0.05, 0) is 11.6 Å². The first-order chi connectivity index (χ1) is 6.50. The molecule has 1 aromatic heterocycles. The Morgan fingerprint density at radius 3 is 2.64 bits per heavy atom. The van der Waals surface area contributed by atoms with Crippen LogP contribution >= 0.6 is 0 Å². The van der Waals surface area contributed by atoms with Crippen LogP contribution < -0.4 is 0 Å². The predicted molar refractivity (Wildman–Crippen MR) is 60.9 cm³/mol. The summed E-state index contributed by atoms with van der Waals surface area (Å²) < 4.78 is 7.92. The van der Waals surface area contributed by atoms with Crippen LogP contribution in [0, 0.1) is 0 Å². The van der Waals surface area contributed by atoms with Gasteiger partial charge in [0.1, 0.15) is 0 Å². The van der Waals surface area contributed by atoms with E-state index >= 15 is 0 Å². The van der Waals surface area contributed by atoms with Gasteiger partial charge in [0.25, 0.3) is 0 Å². The van der Waals surface area contributed by atoms with Crippen molar-refractivity contribution < 1.29 is 4.43 Å². The molecule has 0 N–H and O–H groups in total. The maximum atomic E-state index is 5.87. The van der Waals surface area contributed by atoms with Crippen molar-refractivity contribution >= 4 is 9.04 Å². The second-order valence-electron chi connectivity index (χ2n) is 4.68. The Balaban J connectivity index is 2.22. The van der Waals surface area contributed by atoms with E-state index in [0.717, 1.165) is 13.2 Å². The minimum absolute atomic E-state index is 0.356.